The molecule has 3 aromatic carbocycles. The van der Waals surface area contributed by atoms with E-state index < -0.39 is 0 Å². The predicted octanol–water partition coefficient (Wildman–Crippen LogP) is 4.16. The highest BCUT2D eigenvalue weighted by Crippen LogP contribution is 2.30. The van der Waals surface area contributed by atoms with Crippen molar-refractivity contribution in [1.82, 2.24) is 10.2 Å². The number of halogens is 1. The number of amides is 2. The molecule has 1 atom stereocenters. The van der Waals surface area contributed by atoms with E-state index in [-0.39, 0.29) is 30.1 Å². The molecule has 0 aromatic heterocycles. The summed E-state index contributed by atoms with van der Waals surface area (Å²) in [7, 11) is 1.61. The van der Waals surface area contributed by atoms with E-state index in [1.54, 1.807) is 42.3 Å². The van der Waals surface area contributed by atoms with Crippen LogP contribution in [0.2, 0.25) is 0 Å². The van der Waals surface area contributed by atoms with Gasteiger partial charge >= 0.3 is 0 Å². The molecule has 1 N–H and O–H groups in total. The van der Waals surface area contributed by atoms with Crippen molar-refractivity contribution >= 4 is 22.6 Å². The van der Waals surface area contributed by atoms with Crippen LogP contribution in [0.1, 0.15) is 28.8 Å². The average molecular weight is 420 g/mol. The van der Waals surface area contributed by atoms with Crippen molar-refractivity contribution in [2.24, 2.45) is 5.92 Å². The smallest absolute Gasteiger partial charge is 0.254 e. The van der Waals surface area contributed by atoms with E-state index in [4.69, 9.17) is 4.74 Å². The van der Waals surface area contributed by atoms with Crippen LogP contribution < -0.4 is 10.1 Å². The fraction of sp³-hybridized carbons (Fsp3) is 0.280. The van der Waals surface area contributed by atoms with Crippen molar-refractivity contribution in [2.45, 2.75) is 19.4 Å². The second-order valence-corrected chi connectivity index (χ2v) is 7.76. The van der Waals surface area contributed by atoms with E-state index >= 15 is 0 Å². The summed E-state index contributed by atoms with van der Waals surface area (Å²) in [5.41, 5.74) is 1.05. The molecule has 0 bridgehead atoms. The summed E-state index contributed by atoms with van der Waals surface area (Å²) in [5.74, 6) is -0.175. The van der Waals surface area contributed by atoms with Crippen LogP contribution in [0.4, 0.5) is 4.39 Å². The second-order valence-electron chi connectivity index (χ2n) is 7.76. The minimum absolute atomic E-state index is 0.0922. The Bertz CT molecular complexity index is 1110. The van der Waals surface area contributed by atoms with Crippen molar-refractivity contribution in [3.8, 4) is 5.75 Å². The van der Waals surface area contributed by atoms with Gasteiger partial charge in [0.15, 0.2) is 0 Å². The maximum atomic E-state index is 13.8. The molecule has 1 aliphatic rings. The van der Waals surface area contributed by atoms with Gasteiger partial charge in [-0.25, -0.2) is 4.39 Å². The molecule has 0 saturated carbocycles. The van der Waals surface area contributed by atoms with Crippen LogP contribution in [0.15, 0.2) is 60.7 Å². The van der Waals surface area contributed by atoms with Crippen molar-refractivity contribution < 1.29 is 18.7 Å². The van der Waals surface area contributed by atoms with Crippen LogP contribution in [-0.4, -0.2) is 36.9 Å². The molecule has 2 amide bonds. The fourth-order valence-electron chi connectivity index (χ4n) is 4.15. The van der Waals surface area contributed by atoms with Crippen molar-refractivity contribution in [2.75, 3.05) is 20.2 Å². The number of nitrogens with zero attached hydrogens (tertiary/aromatic N) is 1. The first kappa shape index (κ1) is 20.8. The first-order valence-corrected chi connectivity index (χ1v) is 10.4. The highest BCUT2D eigenvalue weighted by molar-refractivity contribution is 6.08. The van der Waals surface area contributed by atoms with Gasteiger partial charge in [0.05, 0.1) is 13.0 Å². The Kier molecular flexibility index (Phi) is 6.16. The quantitative estimate of drug-likeness (QED) is 0.674. The maximum Gasteiger partial charge on any atom is 0.254 e. The summed E-state index contributed by atoms with van der Waals surface area (Å²) >= 11 is 0. The lowest BCUT2D eigenvalue weighted by atomic mass is 9.95. The Hall–Kier alpha value is -3.41. The molecular formula is C25H25FN2O3. The van der Waals surface area contributed by atoms with Gasteiger partial charge in [-0.1, -0.05) is 42.5 Å². The lowest BCUT2D eigenvalue weighted by Gasteiger charge is -2.32. The number of ether oxygens (including phenoxy) is 1. The van der Waals surface area contributed by atoms with E-state index in [2.05, 4.69) is 5.32 Å². The van der Waals surface area contributed by atoms with Crippen LogP contribution in [0.5, 0.6) is 5.75 Å². The molecule has 5 nitrogen and oxygen atoms in total. The molecule has 1 heterocycles. The topological polar surface area (TPSA) is 58.6 Å². The average Bonchev–Trinajstić information content (AvgIpc) is 2.82. The Morgan fingerprint density at radius 3 is 2.58 bits per heavy atom. The number of benzene rings is 3. The van der Waals surface area contributed by atoms with Crippen LogP contribution in [0.3, 0.4) is 0 Å². The largest absolute Gasteiger partial charge is 0.496 e. The lowest BCUT2D eigenvalue weighted by molar-refractivity contribution is -0.126. The first-order valence-electron chi connectivity index (χ1n) is 10.4. The SMILES string of the molecule is COc1ccc(C(=O)N2CCC[C@H](C(=O)NCc3ccccc3F)C2)c2ccccc12. The number of nitrogens with one attached hydrogen (secondary N) is 1. The summed E-state index contributed by atoms with van der Waals surface area (Å²) in [6.07, 6.45) is 1.45. The minimum atomic E-state index is -0.338. The molecule has 0 radical (unpaired) electrons. The molecule has 160 valence electrons. The Morgan fingerprint density at radius 1 is 1.06 bits per heavy atom. The van der Waals surface area contributed by atoms with E-state index in [9.17, 15) is 14.0 Å². The van der Waals surface area contributed by atoms with Crippen LogP contribution in [-0.2, 0) is 11.3 Å². The van der Waals surface area contributed by atoms with Crippen LogP contribution in [0, 0.1) is 11.7 Å². The molecular weight excluding hydrogens is 395 g/mol. The van der Waals surface area contributed by atoms with Gasteiger partial charge in [-0.05, 0) is 36.4 Å². The zero-order valence-corrected chi connectivity index (χ0v) is 17.4. The Balaban J connectivity index is 1.47. The van der Waals surface area contributed by atoms with Gasteiger partial charge in [0, 0.05) is 36.1 Å². The summed E-state index contributed by atoms with van der Waals surface area (Å²) in [6, 6.07) is 17.6. The van der Waals surface area contributed by atoms with Gasteiger partial charge in [0.25, 0.3) is 5.91 Å². The molecule has 1 fully saturated rings. The molecule has 1 saturated heterocycles. The highest BCUT2D eigenvalue weighted by Gasteiger charge is 2.29. The number of hydrogen-bond acceptors (Lipinski definition) is 3. The monoisotopic (exact) mass is 420 g/mol. The Labute approximate surface area is 180 Å². The second kappa shape index (κ2) is 9.16. The third-order valence-electron chi connectivity index (χ3n) is 5.82. The zero-order valence-electron chi connectivity index (χ0n) is 17.4. The molecule has 1 aliphatic heterocycles. The van der Waals surface area contributed by atoms with Crippen LogP contribution in [0.25, 0.3) is 10.8 Å². The van der Waals surface area contributed by atoms with Crippen molar-refractivity contribution in [1.29, 1.82) is 0 Å². The summed E-state index contributed by atoms with van der Waals surface area (Å²) in [5, 5.41) is 4.53. The molecule has 4 rings (SSSR count). The van der Waals surface area contributed by atoms with Gasteiger partial charge < -0.3 is 15.0 Å². The number of carbonyl (C=O) groups is 2. The third kappa shape index (κ3) is 4.38. The standard InChI is InChI=1S/C25H25FN2O3/c1-31-23-13-12-21(19-9-3-4-10-20(19)23)25(30)28-14-6-8-18(16-28)24(29)27-15-17-7-2-5-11-22(17)26/h2-5,7,9-13,18H,6,8,14-16H2,1H3,(H,27,29)/t18-/m0/s1. The number of hydrogen-bond donors (Lipinski definition) is 1. The molecule has 0 aliphatic carbocycles. The molecule has 0 spiro atoms. The normalized spacial score (nSPS) is 16.2. The summed E-state index contributed by atoms with van der Waals surface area (Å²) in [6.45, 7) is 1.09. The number of fused-ring (bicyclic) bond motifs is 1. The molecule has 3 aromatic rings. The molecule has 31 heavy (non-hydrogen) atoms. The number of likely N-dealkylation sites (tertiary alicyclic amines) is 1. The van der Waals surface area contributed by atoms with Crippen molar-refractivity contribution in [3.63, 3.8) is 0 Å². The van der Waals surface area contributed by atoms with Gasteiger partial charge in [-0.2, -0.15) is 0 Å². The Morgan fingerprint density at radius 2 is 1.81 bits per heavy atom. The zero-order chi connectivity index (χ0) is 21.8. The van der Waals surface area contributed by atoms with Crippen molar-refractivity contribution in [3.05, 3.63) is 77.6 Å². The van der Waals surface area contributed by atoms with Gasteiger partial charge in [0.1, 0.15) is 11.6 Å². The van der Waals surface area contributed by atoms with E-state index in [1.165, 1.54) is 6.07 Å². The fourth-order valence-corrected chi connectivity index (χ4v) is 4.15. The molecule has 6 heteroatoms. The number of methoxy groups -OCH3 is 1. The summed E-state index contributed by atoms with van der Waals surface area (Å²) < 4.78 is 19.2. The third-order valence-corrected chi connectivity index (χ3v) is 5.82. The number of carbonyl (C=O) groups excluding carboxylic acids is 2. The van der Waals surface area contributed by atoms with E-state index in [0.29, 0.717) is 30.6 Å². The van der Waals surface area contributed by atoms with E-state index in [0.717, 1.165) is 22.9 Å². The maximum absolute atomic E-state index is 13.8. The van der Waals surface area contributed by atoms with Gasteiger partial charge in [-0.15, -0.1) is 0 Å². The predicted molar refractivity (Wildman–Crippen MR) is 117 cm³/mol. The highest BCUT2D eigenvalue weighted by atomic mass is 19.1. The lowest BCUT2D eigenvalue weighted by Crippen LogP contribution is -2.45. The molecule has 0 unspecified atom stereocenters. The minimum Gasteiger partial charge on any atom is -0.496 e. The van der Waals surface area contributed by atoms with E-state index in [1.807, 2.05) is 24.3 Å². The first-order chi connectivity index (χ1) is 15.1. The van der Waals surface area contributed by atoms with Gasteiger partial charge in [-0.3, -0.25) is 9.59 Å². The summed E-state index contributed by atoms with van der Waals surface area (Å²) in [4.78, 5) is 27.7. The van der Waals surface area contributed by atoms with Crippen LogP contribution >= 0.6 is 0 Å². The van der Waals surface area contributed by atoms with Gasteiger partial charge in [0.2, 0.25) is 5.91 Å². The number of rotatable bonds is 5. The number of piperidine rings is 1.